The van der Waals surface area contributed by atoms with Crippen molar-refractivity contribution in [2.45, 2.75) is 13.5 Å². The lowest BCUT2D eigenvalue weighted by Gasteiger charge is -2.37. The van der Waals surface area contributed by atoms with Gasteiger partial charge in [-0.25, -0.2) is 9.98 Å². The topological polar surface area (TPSA) is 61.6 Å². The second-order valence-corrected chi connectivity index (χ2v) is 6.36. The minimum atomic E-state index is 0. The molecular formula is C17H25ClIN7. The number of nitrogens with one attached hydrogen (secondary N) is 1. The Morgan fingerprint density at radius 1 is 1.27 bits per heavy atom. The number of halogens is 2. The van der Waals surface area contributed by atoms with Gasteiger partial charge in [-0.3, -0.25) is 4.68 Å². The van der Waals surface area contributed by atoms with Gasteiger partial charge in [-0.1, -0.05) is 17.7 Å². The molecule has 0 spiro atoms. The summed E-state index contributed by atoms with van der Waals surface area (Å²) in [5, 5.41) is 8.24. The Balaban J connectivity index is 0.00000243. The van der Waals surface area contributed by atoms with Gasteiger partial charge in [0.2, 0.25) is 0 Å². The minimum absolute atomic E-state index is 0. The number of rotatable bonds is 4. The van der Waals surface area contributed by atoms with E-state index in [0.29, 0.717) is 6.54 Å². The summed E-state index contributed by atoms with van der Waals surface area (Å²) >= 11 is 6.11. The molecule has 2 aromatic rings. The van der Waals surface area contributed by atoms with Gasteiger partial charge in [0, 0.05) is 50.5 Å². The van der Waals surface area contributed by atoms with Crippen LogP contribution in [0.25, 0.3) is 0 Å². The van der Waals surface area contributed by atoms with Crippen molar-refractivity contribution in [1.82, 2.24) is 25.0 Å². The van der Waals surface area contributed by atoms with E-state index in [4.69, 9.17) is 16.6 Å². The average Bonchev–Trinajstić information content (AvgIpc) is 3.04. The van der Waals surface area contributed by atoms with Crippen molar-refractivity contribution in [3.05, 3.63) is 41.4 Å². The summed E-state index contributed by atoms with van der Waals surface area (Å²) < 4.78 is 1.75. The number of aliphatic imine (C=N–C) groups is 1. The van der Waals surface area contributed by atoms with E-state index in [0.717, 1.165) is 49.5 Å². The van der Waals surface area contributed by atoms with Gasteiger partial charge in [0.25, 0.3) is 0 Å². The molecule has 142 valence electrons. The first-order valence-corrected chi connectivity index (χ1v) is 8.92. The third kappa shape index (κ3) is 5.23. The first kappa shape index (κ1) is 20.8. The van der Waals surface area contributed by atoms with Crippen LogP contribution in [0, 0.1) is 0 Å². The van der Waals surface area contributed by atoms with Crippen molar-refractivity contribution in [3.8, 4) is 0 Å². The molecule has 9 heteroatoms. The van der Waals surface area contributed by atoms with Crippen LogP contribution < -0.4 is 10.2 Å². The Labute approximate surface area is 176 Å². The largest absolute Gasteiger partial charge is 0.368 e. The first-order chi connectivity index (χ1) is 12.2. The molecule has 2 heterocycles. The second-order valence-electron chi connectivity index (χ2n) is 5.92. The number of piperazine rings is 1. The zero-order valence-corrected chi connectivity index (χ0v) is 18.2. The Morgan fingerprint density at radius 2 is 2.04 bits per heavy atom. The van der Waals surface area contributed by atoms with Crippen molar-refractivity contribution in [2.24, 2.45) is 12.0 Å². The Kier molecular flexibility index (Phi) is 7.95. The molecule has 0 radical (unpaired) electrons. The van der Waals surface area contributed by atoms with E-state index in [2.05, 4.69) is 38.2 Å². The summed E-state index contributed by atoms with van der Waals surface area (Å²) in [4.78, 5) is 13.6. The van der Waals surface area contributed by atoms with Gasteiger partial charge >= 0.3 is 0 Å². The van der Waals surface area contributed by atoms with E-state index >= 15 is 0 Å². The summed E-state index contributed by atoms with van der Waals surface area (Å²) in [5.74, 6) is 1.78. The molecular weight excluding hydrogens is 465 g/mol. The summed E-state index contributed by atoms with van der Waals surface area (Å²) in [6.07, 6.45) is 1.56. The van der Waals surface area contributed by atoms with Crippen LogP contribution in [-0.4, -0.2) is 58.3 Å². The Hall–Kier alpha value is -1.55. The van der Waals surface area contributed by atoms with Gasteiger partial charge < -0.3 is 15.1 Å². The number of hydrogen-bond donors (Lipinski definition) is 1. The minimum Gasteiger partial charge on any atom is -0.368 e. The lowest BCUT2D eigenvalue weighted by Crippen LogP contribution is -2.52. The molecule has 7 nitrogen and oxygen atoms in total. The predicted octanol–water partition coefficient (Wildman–Crippen LogP) is 2.37. The first-order valence-electron chi connectivity index (χ1n) is 8.54. The molecule has 0 unspecified atom stereocenters. The molecule has 1 N–H and O–H groups in total. The van der Waals surface area contributed by atoms with Gasteiger partial charge in [-0.15, -0.1) is 24.0 Å². The number of benzene rings is 1. The van der Waals surface area contributed by atoms with E-state index in [1.54, 1.807) is 11.0 Å². The highest BCUT2D eigenvalue weighted by Gasteiger charge is 2.20. The highest BCUT2D eigenvalue weighted by atomic mass is 127. The number of aryl methyl sites for hydroxylation is 1. The third-order valence-corrected chi connectivity index (χ3v) is 4.50. The van der Waals surface area contributed by atoms with Crippen LogP contribution >= 0.6 is 35.6 Å². The molecule has 3 rings (SSSR count). The molecule has 0 bridgehead atoms. The highest BCUT2D eigenvalue weighted by Crippen LogP contribution is 2.20. The maximum absolute atomic E-state index is 6.11. The third-order valence-electron chi connectivity index (χ3n) is 4.26. The smallest absolute Gasteiger partial charge is 0.194 e. The van der Waals surface area contributed by atoms with E-state index < -0.39 is 0 Å². The Morgan fingerprint density at radius 3 is 2.65 bits per heavy atom. The standard InChI is InChI=1S/C17H24ClN7.HI/c1-3-19-17(20-12-16-21-13-22-23(16)2)25-9-7-24(8-10-25)15-6-4-5-14(18)11-15;/h4-6,11,13H,3,7-10,12H2,1-2H3,(H,19,20);1H. The van der Waals surface area contributed by atoms with Crippen LogP contribution in [0.1, 0.15) is 12.7 Å². The monoisotopic (exact) mass is 489 g/mol. The van der Waals surface area contributed by atoms with Gasteiger partial charge in [0.15, 0.2) is 5.96 Å². The molecule has 1 fully saturated rings. The molecule has 1 saturated heterocycles. The van der Waals surface area contributed by atoms with Crippen molar-refractivity contribution in [3.63, 3.8) is 0 Å². The predicted molar refractivity (Wildman–Crippen MR) is 116 cm³/mol. The highest BCUT2D eigenvalue weighted by molar-refractivity contribution is 14.0. The second kappa shape index (κ2) is 9.96. The quantitative estimate of drug-likeness (QED) is 0.406. The van der Waals surface area contributed by atoms with E-state index in [-0.39, 0.29) is 24.0 Å². The maximum Gasteiger partial charge on any atom is 0.194 e. The van der Waals surface area contributed by atoms with E-state index in [1.165, 1.54) is 5.69 Å². The van der Waals surface area contributed by atoms with Crippen LogP contribution in [0.3, 0.4) is 0 Å². The van der Waals surface area contributed by atoms with Crippen molar-refractivity contribution in [2.75, 3.05) is 37.6 Å². The summed E-state index contributed by atoms with van der Waals surface area (Å²) in [6, 6.07) is 8.03. The maximum atomic E-state index is 6.11. The zero-order valence-electron chi connectivity index (χ0n) is 15.1. The number of anilines is 1. The van der Waals surface area contributed by atoms with Gasteiger partial charge in [0.05, 0.1) is 0 Å². The van der Waals surface area contributed by atoms with E-state index in [1.807, 2.05) is 25.2 Å². The lowest BCUT2D eigenvalue weighted by molar-refractivity contribution is 0.372. The van der Waals surface area contributed by atoms with Gasteiger partial charge in [-0.2, -0.15) is 5.10 Å². The lowest BCUT2D eigenvalue weighted by atomic mass is 10.2. The Bertz CT molecular complexity index is 725. The molecule has 0 atom stereocenters. The number of aromatic nitrogens is 3. The molecule has 0 aliphatic carbocycles. The van der Waals surface area contributed by atoms with Gasteiger partial charge in [-0.05, 0) is 25.1 Å². The van der Waals surface area contributed by atoms with Crippen LogP contribution in [0.5, 0.6) is 0 Å². The summed E-state index contributed by atoms with van der Waals surface area (Å²) in [7, 11) is 1.88. The molecule has 1 aliphatic heterocycles. The number of nitrogens with zero attached hydrogens (tertiary/aromatic N) is 6. The fourth-order valence-electron chi connectivity index (χ4n) is 2.88. The average molecular weight is 490 g/mol. The summed E-state index contributed by atoms with van der Waals surface area (Å²) in [6.45, 7) is 7.15. The molecule has 0 amide bonds. The van der Waals surface area contributed by atoms with Crippen LogP contribution in [0.4, 0.5) is 5.69 Å². The van der Waals surface area contributed by atoms with Gasteiger partial charge in [0.1, 0.15) is 18.7 Å². The SMILES string of the molecule is CCNC(=NCc1ncnn1C)N1CCN(c2cccc(Cl)c2)CC1.I. The molecule has 1 aliphatic rings. The molecule has 26 heavy (non-hydrogen) atoms. The normalized spacial score (nSPS) is 15.0. The van der Waals surface area contributed by atoms with Crippen molar-refractivity contribution in [1.29, 1.82) is 0 Å². The zero-order chi connectivity index (χ0) is 17.6. The fraction of sp³-hybridized carbons (Fsp3) is 0.471. The summed E-state index contributed by atoms with van der Waals surface area (Å²) in [5.41, 5.74) is 1.17. The van der Waals surface area contributed by atoms with Crippen LogP contribution in [-0.2, 0) is 13.6 Å². The molecule has 1 aromatic carbocycles. The molecule has 1 aromatic heterocycles. The van der Waals surface area contributed by atoms with Crippen LogP contribution in [0.15, 0.2) is 35.6 Å². The fourth-order valence-corrected chi connectivity index (χ4v) is 3.07. The number of hydrogen-bond acceptors (Lipinski definition) is 4. The van der Waals surface area contributed by atoms with Crippen molar-refractivity contribution < 1.29 is 0 Å². The number of guanidine groups is 1. The molecule has 0 saturated carbocycles. The van der Waals surface area contributed by atoms with E-state index in [9.17, 15) is 0 Å². The van der Waals surface area contributed by atoms with Crippen LogP contribution in [0.2, 0.25) is 5.02 Å². The van der Waals surface area contributed by atoms with Crippen molar-refractivity contribution >= 4 is 47.2 Å².